The first-order valence-electron chi connectivity index (χ1n) is 6.24. The van der Waals surface area contributed by atoms with Gasteiger partial charge in [-0.1, -0.05) is 32.0 Å². The number of hydrogen-bond acceptors (Lipinski definition) is 3. The van der Waals surface area contributed by atoms with Crippen LogP contribution in [0, 0.1) is 5.92 Å². The SMILES string of the molecule is CCOCC(NC(=O)Oc1ccccc1)C(C)C. The summed E-state index contributed by atoms with van der Waals surface area (Å²) in [5, 5.41) is 2.81. The van der Waals surface area contributed by atoms with Gasteiger partial charge in [-0.25, -0.2) is 4.79 Å². The van der Waals surface area contributed by atoms with E-state index in [2.05, 4.69) is 5.32 Å². The van der Waals surface area contributed by atoms with Gasteiger partial charge in [-0.3, -0.25) is 0 Å². The zero-order valence-corrected chi connectivity index (χ0v) is 11.2. The molecule has 0 fully saturated rings. The highest BCUT2D eigenvalue weighted by atomic mass is 16.6. The Hall–Kier alpha value is -1.55. The Kier molecular flexibility index (Phi) is 6.22. The Morgan fingerprint density at radius 1 is 1.28 bits per heavy atom. The van der Waals surface area contributed by atoms with Gasteiger partial charge in [-0.15, -0.1) is 0 Å². The molecule has 0 radical (unpaired) electrons. The number of nitrogens with one attached hydrogen (secondary N) is 1. The minimum absolute atomic E-state index is 0.0406. The van der Waals surface area contributed by atoms with E-state index in [0.29, 0.717) is 24.9 Å². The van der Waals surface area contributed by atoms with Crippen molar-refractivity contribution in [1.29, 1.82) is 0 Å². The Bertz CT molecular complexity index is 351. The van der Waals surface area contributed by atoms with Crippen LogP contribution in [0.2, 0.25) is 0 Å². The van der Waals surface area contributed by atoms with E-state index in [4.69, 9.17) is 9.47 Å². The highest BCUT2D eigenvalue weighted by molar-refractivity contribution is 5.70. The van der Waals surface area contributed by atoms with Crippen LogP contribution < -0.4 is 10.1 Å². The van der Waals surface area contributed by atoms with Crippen LogP contribution in [0.1, 0.15) is 20.8 Å². The summed E-state index contributed by atoms with van der Waals surface area (Å²) in [7, 11) is 0. The molecule has 0 aliphatic rings. The van der Waals surface area contributed by atoms with Gasteiger partial charge in [0.05, 0.1) is 12.6 Å². The lowest BCUT2D eigenvalue weighted by Crippen LogP contribution is -2.43. The number of carbonyl (C=O) groups excluding carboxylic acids is 1. The molecule has 0 heterocycles. The molecule has 4 nitrogen and oxygen atoms in total. The van der Waals surface area contributed by atoms with Crippen LogP contribution in [-0.4, -0.2) is 25.3 Å². The highest BCUT2D eigenvalue weighted by Gasteiger charge is 2.17. The molecule has 0 saturated carbocycles. The molecule has 1 amide bonds. The van der Waals surface area contributed by atoms with Crippen molar-refractivity contribution in [3.63, 3.8) is 0 Å². The van der Waals surface area contributed by atoms with Gasteiger partial charge in [-0.05, 0) is 25.0 Å². The average Bonchev–Trinajstić information content (AvgIpc) is 2.35. The number of ether oxygens (including phenoxy) is 2. The van der Waals surface area contributed by atoms with E-state index in [9.17, 15) is 4.79 Å². The van der Waals surface area contributed by atoms with Crippen LogP contribution in [-0.2, 0) is 4.74 Å². The van der Waals surface area contributed by atoms with Crippen molar-refractivity contribution < 1.29 is 14.3 Å². The zero-order chi connectivity index (χ0) is 13.4. The van der Waals surface area contributed by atoms with Crippen molar-refractivity contribution >= 4 is 6.09 Å². The van der Waals surface area contributed by atoms with Gasteiger partial charge >= 0.3 is 6.09 Å². The second-order valence-electron chi connectivity index (χ2n) is 4.36. The molecule has 0 saturated heterocycles. The summed E-state index contributed by atoms with van der Waals surface area (Å²) in [6.45, 7) is 7.13. The smallest absolute Gasteiger partial charge is 0.410 e. The lowest BCUT2D eigenvalue weighted by Gasteiger charge is -2.21. The van der Waals surface area contributed by atoms with Crippen molar-refractivity contribution in [2.24, 2.45) is 5.92 Å². The monoisotopic (exact) mass is 251 g/mol. The first-order valence-corrected chi connectivity index (χ1v) is 6.24. The fourth-order valence-electron chi connectivity index (χ4n) is 1.42. The van der Waals surface area contributed by atoms with Crippen molar-refractivity contribution in [1.82, 2.24) is 5.32 Å². The van der Waals surface area contributed by atoms with Crippen LogP contribution in [0.5, 0.6) is 5.75 Å². The van der Waals surface area contributed by atoms with E-state index < -0.39 is 6.09 Å². The Labute approximate surface area is 108 Å². The van der Waals surface area contributed by atoms with Crippen LogP contribution in [0.15, 0.2) is 30.3 Å². The lowest BCUT2D eigenvalue weighted by molar-refractivity contribution is 0.106. The van der Waals surface area contributed by atoms with Crippen LogP contribution in [0.25, 0.3) is 0 Å². The molecule has 1 rings (SSSR count). The molecule has 1 aromatic rings. The van der Waals surface area contributed by atoms with E-state index in [-0.39, 0.29) is 6.04 Å². The van der Waals surface area contributed by atoms with E-state index in [0.717, 1.165) is 0 Å². The molecule has 0 aromatic heterocycles. The molecule has 1 unspecified atom stereocenters. The van der Waals surface area contributed by atoms with Gasteiger partial charge < -0.3 is 14.8 Å². The topological polar surface area (TPSA) is 47.6 Å². The van der Waals surface area contributed by atoms with E-state index in [1.165, 1.54) is 0 Å². The lowest BCUT2D eigenvalue weighted by atomic mass is 10.1. The summed E-state index contributed by atoms with van der Waals surface area (Å²) in [4.78, 5) is 11.7. The first-order chi connectivity index (χ1) is 8.63. The molecule has 0 aliphatic carbocycles. The summed E-state index contributed by atoms with van der Waals surface area (Å²) in [6.07, 6.45) is -0.445. The third-order valence-electron chi connectivity index (χ3n) is 2.56. The van der Waals surface area contributed by atoms with E-state index in [1.54, 1.807) is 12.1 Å². The predicted molar refractivity (Wildman–Crippen MR) is 70.7 cm³/mol. The Balaban J connectivity index is 2.46. The normalized spacial score (nSPS) is 12.2. The van der Waals surface area contributed by atoms with E-state index in [1.807, 2.05) is 39.0 Å². The summed E-state index contributed by atoms with van der Waals surface area (Å²) in [6, 6.07) is 8.96. The van der Waals surface area contributed by atoms with Crippen molar-refractivity contribution in [3.8, 4) is 5.75 Å². The van der Waals surface area contributed by atoms with Crippen LogP contribution >= 0.6 is 0 Å². The van der Waals surface area contributed by atoms with Crippen LogP contribution in [0.4, 0.5) is 4.79 Å². The Morgan fingerprint density at radius 3 is 2.50 bits per heavy atom. The standard InChI is InChI=1S/C14H21NO3/c1-4-17-10-13(11(2)3)15-14(16)18-12-8-6-5-7-9-12/h5-9,11,13H,4,10H2,1-3H3,(H,15,16). The fraction of sp³-hybridized carbons (Fsp3) is 0.500. The molecule has 0 aliphatic heterocycles. The number of para-hydroxylation sites is 1. The molecule has 1 aromatic carbocycles. The number of benzene rings is 1. The van der Waals surface area contributed by atoms with Gasteiger partial charge in [0.25, 0.3) is 0 Å². The first kappa shape index (κ1) is 14.5. The maximum atomic E-state index is 11.7. The largest absolute Gasteiger partial charge is 0.412 e. The average molecular weight is 251 g/mol. The summed E-state index contributed by atoms with van der Waals surface area (Å²) in [5.41, 5.74) is 0. The summed E-state index contributed by atoms with van der Waals surface area (Å²) < 4.78 is 10.5. The Morgan fingerprint density at radius 2 is 1.94 bits per heavy atom. The molecule has 0 bridgehead atoms. The molecule has 100 valence electrons. The van der Waals surface area contributed by atoms with Gasteiger partial charge in [-0.2, -0.15) is 0 Å². The second kappa shape index (κ2) is 7.71. The number of amides is 1. The molecule has 0 spiro atoms. The highest BCUT2D eigenvalue weighted by Crippen LogP contribution is 2.09. The number of hydrogen-bond donors (Lipinski definition) is 1. The molecule has 1 atom stereocenters. The predicted octanol–water partition coefficient (Wildman–Crippen LogP) is 2.84. The van der Waals surface area contributed by atoms with Gasteiger partial charge in [0.2, 0.25) is 0 Å². The van der Waals surface area contributed by atoms with Gasteiger partial charge in [0, 0.05) is 6.61 Å². The second-order valence-corrected chi connectivity index (χ2v) is 4.36. The molecular weight excluding hydrogens is 230 g/mol. The molecule has 4 heteroatoms. The number of rotatable bonds is 6. The van der Waals surface area contributed by atoms with Gasteiger partial charge in [0.15, 0.2) is 0 Å². The third-order valence-corrected chi connectivity index (χ3v) is 2.56. The van der Waals surface area contributed by atoms with Gasteiger partial charge in [0.1, 0.15) is 5.75 Å². The fourth-order valence-corrected chi connectivity index (χ4v) is 1.42. The summed E-state index contributed by atoms with van der Waals surface area (Å²) in [5.74, 6) is 0.828. The van der Waals surface area contributed by atoms with Crippen molar-refractivity contribution in [3.05, 3.63) is 30.3 Å². The van der Waals surface area contributed by atoms with Crippen LogP contribution in [0.3, 0.4) is 0 Å². The van der Waals surface area contributed by atoms with E-state index >= 15 is 0 Å². The van der Waals surface area contributed by atoms with Crippen molar-refractivity contribution in [2.45, 2.75) is 26.8 Å². The summed E-state index contributed by atoms with van der Waals surface area (Å²) >= 11 is 0. The quantitative estimate of drug-likeness (QED) is 0.845. The maximum Gasteiger partial charge on any atom is 0.412 e. The molecule has 18 heavy (non-hydrogen) atoms. The number of carbonyl (C=O) groups is 1. The molecular formula is C14H21NO3. The maximum absolute atomic E-state index is 11.7. The molecule has 1 N–H and O–H groups in total. The minimum Gasteiger partial charge on any atom is -0.410 e. The van der Waals surface area contributed by atoms with Crippen molar-refractivity contribution in [2.75, 3.05) is 13.2 Å². The zero-order valence-electron chi connectivity index (χ0n) is 11.2. The minimum atomic E-state index is -0.445. The third kappa shape index (κ3) is 5.19.